The molecule has 7 nitrogen and oxygen atoms in total. The number of benzene rings is 1. The minimum absolute atomic E-state index is 0.0601. The number of hydrogen-bond acceptors (Lipinski definition) is 5. The molecule has 2 heterocycles. The molecule has 0 spiro atoms. The largest absolute Gasteiger partial charge is 0.365 e. The zero-order chi connectivity index (χ0) is 19.3. The average molecular weight is 361 g/mol. The van der Waals surface area contributed by atoms with Gasteiger partial charge in [-0.05, 0) is 29.5 Å². The van der Waals surface area contributed by atoms with Crippen molar-refractivity contribution in [3.63, 3.8) is 0 Å². The van der Waals surface area contributed by atoms with Crippen LogP contribution in [-0.2, 0) is 4.79 Å². The number of rotatable bonds is 2. The summed E-state index contributed by atoms with van der Waals surface area (Å²) >= 11 is 0. The molecule has 7 heteroatoms. The molecule has 0 bridgehead atoms. The molecule has 1 atom stereocenters. The minimum atomic E-state index is -0.576. The van der Waals surface area contributed by atoms with Crippen molar-refractivity contribution in [2.75, 3.05) is 5.32 Å². The molecular weight excluding hydrogens is 342 g/mol. The van der Waals surface area contributed by atoms with Gasteiger partial charge in [0.25, 0.3) is 5.91 Å². The van der Waals surface area contributed by atoms with Gasteiger partial charge in [0.2, 0.25) is 0 Å². The van der Waals surface area contributed by atoms with Gasteiger partial charge in [-0.1, -0.05) is 26.0 Å². The highest BCUT2D eigenvalue weighted by Crippen LogP contribution is 2.46. The SMILES string of the molecule is CC1(C)CC(=O)C2=C(C1)Nc1c(C(N)=O)cnn1C2c1ccc(C#N)cc1. The molecule has 0 saturated heterocycles. The molecule has 1 aromatic heterocycles. The number of anilines is 1. The highest BCUT2D eigenvalue weighted by molar-refractivity contribution is 6.02. The van der Waals surface area contributed by atoms with Gasteiger partial charge in [-0.3, -0.25) is 9.59 Å². The number of Topliss-reactive ketones (excluding diaryl/α,β-unsaturated/α-hetero) is 1. The van der Waals surface area contributed by atoms with E-state index in [0.717, 1.165) is 11.3 Å². The molecule has 0 saturated carbocycles. The number of carbonyl (C=O) groups excluding carboxylic acids is 2. The number of carbonyl (C=O) groups is 2. The summed E-state index contributed by atoms with van der Waals surface area (Å²) in [7, 11) is 0. The molecule has 1 aliphatic heterocycles. The van der Waals surface area contributed by atoms with Gasteiger partial charge in [0.05, 0.1) is 17.8 Å². The summed E-state index contributed by atoms with van der Waals surface area (Å²) in [4.78, 5) is 24.8. The summed E-state index contributed by atoms with van der Waals surface area (Å²) < 4.78 is 1.64. The number of allylic oxidation sites excluding steroid dienone is 2. The molecule has 1 aliphatic carbocycles. The normalized spacial score (nSPS) is 20.3. The number of amides is 1. The number of nitrogens with zero attached hydrogens (tertiary/aromatic N) is 3. The first-order valence-electron chi connectivity index (χ1n) is 8.71. The zero-order valence-electron chi connectivity index (χ0n) is 15.1. The Balaban J connectivity index is 1.93. The molecular formula is C20H19N5O2. The van der Waals surface area contributed by atoms with E-state index in [-0.39, 0.29) is 16.8 Å². The van der Waals surface area contributed by atoms with Crippen LogP contribution in [0.5, 0.6) is 0 Å². The van der Waals surface area contributed by atoms with Gasteiger partial charge >= 0.3 is 0 Å². The molecule has 4 rings (SSSR count). The Kier molecular flexibility index (Phi) is 3.67. The van der Waals surface area contributed by atoms with Crippen LogP contribution in [0.1, 0.15) is 54.2 Å². The highest BCUT2D eigenvalue weighted by atomic mass is 16.1. The Hall–Kier alpha value is -3.40. The third-order valence-electron chi connectivity index (χ3n) is 5.12. The Morgan fingerprint density at radius 3 is 2.67 bits per heavy atom. The molecule has 2 aromatic rings. The first-order chi connectivity index (χ1) is 12.8. The molecule has 1 unspecified atom stereocenters. The van der Waals surface area contributed by atoms with Crippen molar-refractivity contribution in [1.29, 1.82) is 5.26 Å². The smallest absolute Gasteiger partial charge is 0.254 e. The van der Waals surface area contributed by atoms with E-state index in [1.54, 1.807) is 16.8 Å². The van der Waals surface area contributed by atoms with Crippen LogP contribution >= 0.6 is 0 Å². The second kappa shape index (κ2) is 5.81. The van der Waals surface area contributed by atoms with Crippen LogP contribution in [0.25, 0.3) is 0 Å². The van der Waals surface area contributed by atoms with Gasteiger partial charge in [-0.2, -0.15) is 10.4 Å². The summed E-state index contributed by atoms with van der Waals surface area (Å²) in [6.45, 7) is 4.10. The molecule has 2 aliphatic rings. The topological polar surface area (TPSA) is 114 Å². The first kappa shape index (κ1) is 17.0. The van der Waals surface area contributed by atoms with E-state index in [0.29, 0.717) is 29.8 Å². The highest BCUT2D eigenvalue weighted by Gasteiger charge is 2.42. The predicted molar refractivity (Wildman–Crippen MR) is 98.7 cm³/mol. The number of hydrogen-bond donors (Lipinski definition) is 2. The summed E-state index contributed by atoms with van der Waals surface area (Å²) in [6.07, 6.45) is 2.55. The lowest BCUT2D eigenvalue weighted by Crippen LogP contribution is -2.37. The van der Waals surface area contributed by atoms with Crippen LogP contribution in [0.15, 0.2) is 41.7 Å². The van der Waals surface area contributed by atoms with Crippen LogP contribution < -0.4 is 11.1 Å². The van der Waals surface area contributed by atoms with E-state index in [2.05, 4.69) is 16.5 Å². The number of ketones is 1. The fraction of sp³-hybridized carbons (Fsp3) is 0.300. The van der Waals surface area contributed by atoms with Crippen LogP contribution in [0.4, 0.5) is 5.82 Å². The monoisotopic (exact) mass is 361 g/mol. The third kappa shape index (κ3) is 2.70. The van der Waals surface area contributed by atoms with E-state index in [9.17, 15) is 9.59 Å². The molecule has 1 amide bonds. The van der Waals surface area contributed by atoms with Gasteiger partial charge in [-0.15, -0.1) is 0 Å². The van der Waals surface area contributed by atoms with E-state index >= 15 is 0 Å². The van der Waals surface area contributed by atoms with Crippen molar-refractivity contribution in [2.45, 2.75) is 32.7 Å². The lowest BCUT2D eigenvalue weighted by Gasteiger charge is -2.39. The van der Waals surface area contributed by atoms with Gasteiger partial charge in [-0.25, -0.2) is 4.68 Å². The molecule has 27 heavy (non-hydrogen) atoms. The van der Waals surface area contributed by atoms with Crippen LogP contribution in [0.3, 0.4) is 0 Å². The van der Waals surface area contributed by atoms with Gasteiger partial charge < -0.3 is 11.1 Å². The molecule has 0 radical (unpaired) electrons. The number of aromatic nitrogens is 2. The van der Waals surface area contributed by atoms with Crippen molar-refractivity contribution in [3.05, 3.63) is 58.4 Å². The molecule has 0 fully saturated rings. The number of nitrogens with two attached hydrogens (primary N) is 1. The average Bonchev–Trinajstić information content (AvgIpc) is 3.02. The van der Waals surface area contributed by atoms with E-state index in [4.69, 9.17) is 11.0 Å². The number of nitriles is 1. The van der Waals surface area contributed by atoms with E-state index < -0.39 is 11.9 Å². The van der Waals surface area contributed by atoms with Gasteiger partial charge in [0.1, 0.15) is 17.4 Å². The number of nitrogens with one attached hydrogen (secondary N) is 1. The van der Waals surface area contributed by atoms with Crippen molar-refractivity contribution >= 4 is 17.5 Å². The zero-order valence-corrected chi connectivity index (χ0v) is 15.1. The Labute approximate surface area is 156 Å². The van der Waals surface area contributed by atoms with Crippen molar-refractivity contribution in [1.82, 2.24) is 9.78 Å². The third-order valence-corrected chi connectivity index (χ3v) is 5.12. The second-order valence-corrected chi connectivity index (χ2v) is 7.81. The van der Waals surface area contributed by atoms with Gasteiger partial charge in [0.15, 0.2) is 5.78 Å². The van der Waals surface area contributed by atoms with Crippen LogP contribution in [0, 0.1) is 16.7 Å². The Morgan fingerprint density at radius 1 is 1.33 bits per heavy atom. The summed E-state index contributed by atoms with van der Waals surface area (Å²) in [5, 5.41) is 16.6. The Bertz CT molecular complexity index is 1040. The van der Waals surface area contributed by atoms with E-state index in [1.807, 2.05) is 26.0 Å². The van der Waals surface area contributed by atoms with Crippen molar-refractivity contribution < 1.29 is 9.59 Å². The summed E-state index contributed by atoms with van der Waals surface area (Å²) in [5.41, 5.74) is 8.45. The first-order valence-corrected chi connectivity index (χ1v) is 8.71. The number of primary amides is 1. The standard InChI is InChI=1S/C20H19N5O2/c1-20(2)7-14-16(15(26)8-20)17(12-5-3-11(9-21)4-6-12)25-19(24-14)13(10-23-25)18(22)27/h3-6,10,17,24H,7-8H2,1-2H3,(H2,22,27). The van der Waals surface area contributed by atoms with Crippen molar-refractivity contribution in [3.8, 4) is 6.07 Å². The van der Waals surface area contributed by atoms with Crippen LogP contribution in [-0.4, -0.2) is 21.5 Å². The maximum absolute atomic E-state index is 13.0. The molecule has 136 valence electrons. The quantitative estimate of drug-likeness (QED) is 0.853. The van der Waals surface area contributed by atoms with Crippen molar-refractivity contribution in [2.24, 2.45) is 11.1 Å². The maximum Gasteiger partial charge on any atom is 0.254 e. The lowest BCUT2D eigenvalue weighted by atomic mass is 9.73. The summed E-state index contributed by atoms with van der Waals surface area (Å²) in [5.74, 6) is -0.0150. The van der Waals surface area contributed by atoms with E-state index in [1.165, 1.54) is 6.20 Å². The Morgan fingerprint density at radius 2 is 2.04 bits per heavy atom. The fourth-order valence-electron chi connectivity index (χ4n) is 3.94. The van der Waals surface area contributed by atoms with Gasteiger partial charge in [0, 0.05) is 17.7 Å². The molecule has 1 aromatic carbocycles. The van der Waals surface area contributed by atoms with Crippen LogP contribution in [0.2, 0.25) is 0 Å². The predicted octanol–water partition coefficient (Wildman–Crippen LogP) is 2.51. The number of fused-ring (bicyclic) bond motifs is 1. The maximum atomic E-state index is 13.0. The lowest BCUT2D eigenvalue weighted by molar-refractivity contribution is -0.118. The fourth-order valence-corrected chi connectivity index (χ4v) is 3.94. The summed E-state index contributed by atoms with van der Waals surface area (Å²) in [6, 6.07) is 8.71. The second-order valence-electron chi connectivity index (χ2n) is 7.81. The minimum Gasteiger partial charge on any atom is -0.365 e. The molecule has 3 N–H and O–H groups in total.